The highest BCUT2D eigenvalue weighted by Gasteiger charge is 2.42. The Labute approximate surface area is 119 Å². The highest BCUT2D eigenvalue weighted by atomic mass is 16.5. The van der Waals surface area contributed by atoms with Crippen molar-refractivity contribution in [3.05, 3.63) is 29.8 Å². The predicted molar refractivity (Wildman–Crippen MR) is 76.0 cm³/mol. The summed E-state index contributed by atoms with van der Waals surface area (Å²) in [6, 6.07) is 7.42. The lowest BCUT2D eigenvalue weighted by Crippen LogP contribution is -2.31. The minimum Gasteiger partial charge on any atom is -0.494 e. The van der Waals surface area contributed by atoms with Gasteiger partial charge in [-0.25, -0.2) is 0 Å². The van der Waals surface area contributed by atoms with Crippen LogP contribution in [0.25, 0.3) is 0 Å². The number of hydrogen-bond acceptors (Lipinski definition) is 3. The van der Waals surface area contributed by atoms with Gasteiger partial charge < -0.3 is 14.4 Å². The van der Waals surface area contributed by atoms with Gasteiger partial charge in [0.2, 0.25) is 0 Å². The van der Waals surface area contributed by atoms with Crippen molar-refractivity contribution in [3.8, 4) is 5.75 Å². The lowest BCUT2D eigenvalue weighted by atomic mass is 10.0. The van der Waals surface area contributed by atoms with Crippen molar-refractivity contribution in [1.29, 1.82) is 0 Å². The van der Waals surface area contributed by atoms with E-state index in [-0.39, 0.29) is 12.0 Å². The Morgan fingerprint density at radius 2 is 2.30 bits per heavy atom. The molecule has 2 aliphatic rings. The van der Waals surface area contributed by atoms with Gasteiger partial charge in [0.15, 0.2) is 0 Å². The molecule has 0 unspecified atom stereocenters. The zero-order valence-electron chi connectivity index (χ0n) is 12.0. The van der Waals surface area contributed by atoms with Gasteiger partial charge >= 0.3 is 0 Å². The van der Waals surface area contributed by atoms with Crippen molar-refractivity contribution in [2.45, 2.75) is 32.5 Å². The molecular formula is C16H21NO3. The molecule has 1 aromatic rings. The third-order valence-electron chi connectivity index (χ3n) is 4.10. The molecule has 3 atom stereocenters. The molecule has 2 fully saturated rings. The second kappa shape index (κ2) is 5.44. The van der Waals surface area contributed by atoms with Crippen molar-refractivity contribution >= 4 is 5.91 Å². The minimum absolute atomic E-state index is 0.0807. The van der Waals surface area contributed by atoms with E-state index in [4.69, 9.17) is 9.47 Å². The van der Waals surface area contributed by atoms with E-state index in [9.17, 15) is 4.79 Å². The summed E-state index contributed by atoms with van der Waals surface area (Å²) < 4.78 is 11.3. The summed E-state index contributed by atoms with van der Waals surface area (Å²) in [5.74, 6) is 1.34. The van der Waals surface area contributed by atoms with Crippen molar-refractivity contribution in [2.75, 3.05) is 19.7 Å². The highest BCUT2D eigenvalue weighted by Crippen LogP contribution is 2.33. The van der Waals surface area contributed by atoms with Crippen molar-refractivity contribution < 1.29 is 14.3 Å². The van der Waals surface area contributed by atoms with Crippen LogP contribution in [-0.2, 0) is 4.74 Å². The Bertz CT molecular complexity index is 488. The fraction of sp³-hybridized carbons (Fsp3) is 0.562. The average Bonchev–Trinajstić information content (AvgIpc) is 2.95. The summed E-state index contributed by atoms with van der Waals surface area (Å²) >= 11 is 0. The molecule has 0 N–H and O–H groups in total. The van der Waals surface area contributed by atoms with Crippen LogP contribution in [0.1, 0.15) is 30.6 Å². The Kier molecular flexibility index (Phi) is 3.66. The van der Waals surface area contributed by atoms with Gasteiger partial charge in [0.1, 0.15) is 5.75 Å². The predicted octanol–water partition coefficient (Wildman–Crippen LogP) is 2.33. The summed E-state index contributed by atoms with van der Waals surface area (Å²) in [6.07, 6.45) is 1.63. The van der Waals surface area contributed by atoms with Crippen LogP contribution in [0.4, 0.5) is 0 Å². The molecule has 0 spiro atoms. The fourth-order valence-corrected chi connectivity index (χ4v) is 3.24. The van der Waals surface area contributed by atoms with Crippen LogP contribution in [-0.4, -0.2) is 42.7 Å². The Morgan fingerprint density at radius 3 is 3.05 bits per heavy atom. The SMILES string of the molecule is CCOc1cccc(C(=O)N2C[C@@H]3C[C@@H](C)O[C@@H]3C2)c1. The quantitative estimate of drug-likeness (QED) is 0.850. The summed E-state index contributed by atoms with van der Waals surface area (Å²) in [5.41, 5.74) is 0.698. The van der Waals surface area contributed by atoms with Crippen LogP contribution in [0.5, 0.6) is 5.75 Å². The van der Waals surface area contributed by atoms with E-state index in [2.05, 4.69) is 6.92 Å². The molecule has 0 saturated carbocycles. The first kappa shape index (κ1) is 13.4. The second-order valence-electron chi connectivity index (χ2n) is 5.65. The molecule has 4 heteroatoms. The number of hydrogen-bond donors (Lipinski definition) is 0. The molecule has 0 aliphatic carbocycles. The number of fused-ring (bicyclic) bond motifs is 1. The van der Waals surface area contributed by atoms with Crippen molar-refractivity contribution in [1.82, 2.24) is 4.90 Å². The van der Waals surface area contributed by atoms with Crippen molar-refractivity contribution in [3.63, 3.8) is 0 Å². The number of carbonyl (C=O) groups is 1. The minimum atomic E-state index is 0.0807. The van der Waals surface area contributed by atoms with E-state index in [0.29, 0.717) is 30.7 Å². The molecule has 0 radical (unpaired) electrons. The normalized spacial score (nSPS) is 28.5. The Morgan fingerprint density at radius 1 is 1.45 bits per heavy atom. The Hall–Kier alpha value is -1.55. The van der Waals surface area contributed by atoms with Gasteiger partial charge in [0.25, 0.3) is 5.91 Å². The number of carbonyl (C=O) groups excluding carboxylic acids is 1. The molecular weight excluding hydrogens is 254 g/mol. The van der Waals surface area contributed by atoms with Gasteiger partial charge in [-0.3, -0.25) is 4.79 Å². The van der Waals surface area contributed by atoms with E-state index in [1.807, 2.05) is 36.1 Å². The summed E-state index contributed by atoms with van der Waals surface area (Å²) in [4.78, 5) is 14.4. The molecule has 2 heterocycles. The fourth-order valence-electron chi connectivity index (χ4n) is 3.24. The van der Waals surface area contributed by atoms with E-state index in [1.165, 1.54) is 0 Å². The lowest BCUT2D eigenvalue weighted by molar-refractivity contribution is 0.0443. The van der Waals surface area contributed by atoms with Crippen molar-refractivity contribution in [2.24, 2.45) is 5.92 Å². The van der Waals surface area contributed by atoms with Crippen LogP contribution < -0.4 is 4.74 Å². The topological polar surface area (TPSA) is 38.8 Å². The molecule has 3 rings (SSSR count). The second-order valence-corrected chi connectivity index (χ2v) is 5.65. The van der Waals surface area contributed by atoms with E-state index in [0.717, 1.165) is 18.7 Å². The van der Waals surface area contributed by atoms with E-state index in [1.54, 1.807) is 0 Å². The molecule has 0 bridgehead atoms. The Balaban J connectivity index is 1.69. The number of benzene rings is 1. The van der Waals surface area contributed by atoms with E-state index < -0.39 is 0 Å². The van der Waals surface area contributed by atoms with Gasteiger partial charge in [-0.05, 0) is 38.5 Å². The van der Waals surface area contributed by atoms with Crippen LogP contribution in [0, 0.1) is 5.92 Å². The summed E-state index contributed by atoms with van der Waals surface area (Å²) in [6.45, 7) is 6.18. The van der Waals surface area contributed by atoms with Gasteiger partial charge in [0.05, 0.1) is 18.8 Å². The third-order valence-corrected chi connectivity index (χ3v) is 4.10. The van der Waals surface area contributed by atoms with Crippen LogP contribution in [0.15, 0.2) is 24.3 Å². The molecule has 1 amide bonds. The highest BCUT2D eigenvalue weighted by molar-refractivity contribution is 5.94. The summed E-state index contributed by atoms with van der Waals surface area (Å²) in [7, 11) is 0. The number of nitrogens with zero attached hydrogens (tertiary/aromatic N) is 1. The zero-order chi connectivity index (χ0) is 14.1. The molecule has 2 aliphatic heterocycles. The monoisotopic (exact) mass is 275 g/mol. The smallest absolute Gasteiger partial charge is 0.254 e. The maximum Gasteiger partial charge on any atom is 0.254 e. The largest absolute Gasteiger partial charge is 0.494 e. The standard InChI is InChI=1S/C16H21NO3/c1-3-19-14-6-4-5-12(8-14)16(18)17-9-13-7-11(2)20-15(13)10-17/h4-6,8,11,13,15H,3,7,9-10H2,1-2H3/t11-,13+,15-/m1/s1. The van der Waals surface area contributed by atoms with Gasteiger partial charge in [0, 0.05) is 24.6 Å². The number of rotatable bonds is 3. The average molecular weight is 275 g/mol. The molecule has 2 saturated heterocycles. The first-order chi connectivity index (χ1) is 9.67. The number of amides is 1. The summed E-state index contributed by atoms with van der Waals surface area (Å²) in [5, 5.41) is 0. The number of ether oxygens (including phenoxy) is 2. The maximum atomic E-state index is 12.5. The van der Waals surface area contributed by atoms with Gasteiger partial charge in [-0.15, -0.1) is 0 Å². The molecule has 0 aromatic heterocycles. The first-order valence-electron chi connectivity index (χ1n) is 7.35. The third kappa shape index (κ3) is 2.52. The van der Waals surface area contributed by atoms with E-state index >= 15 is 0 Å². The molecule has 108 valence electrons. The zero-order valence-corrected chi connectivity index (χ0v) is 12.0. The number of likely N-dealkylation sites (tertiary alicyclic amines) is 1. The lowest BCUT2D eigenvalue weighted by Gasteiger charge is -2.18. The first-order valence-corrected chi connectivity index (χ1v) is 7.35. The maximum absolute atomic E-state index is 12.5. The van der Waals surface area contributed by atoms with Crippen LogP contribution in [0.3, 0.4) is 0 Å². The molecule has 1 aromatic carbocycles. The van der Waals surface area contributed by atoms with Crippen LogP contribution >= 0.6 is 0 Å². The molecule has 20 heavy (non-hydrogen) atoms. The van der Waals surface area contributed by atoms with Gasteiger partial charge in [-0.1, -0.05) is 6.07 Å². The van der Waals surface area contributed by atoms with Crippen LogP contribution in [0.2, 0.25) is 0 Å². The van der Waals surface area contributed by atoms with Gasteiger partial charge in [-0.2, -0.15) is 0 Å². The molecule has 4 nitrogen and oxygen atoms in total.